The van der Waals surface area contributed by atoms with Crippen LogP contribution in [0.15, 0.2) is 0 Å². The molecule has 0 radical (unpaired) electrons. The number of fused-ring (bicyclic) bond motifs is 2. The van der Waals surface area contributed by atoms with Gasteiger partial charge < -0.3 is 10.2 Å². The fraction of sp³-hybridized carbons (Fsp3) is 1.00. The van der Waals surface area contributed by atoms with E-state index in [4.69, 9.17) is 0 Å². The second-order valence-corrected chi connectivity index (χ2v) is 5.30. The van der Waals surface area contributed by atoms with Gasteiger partial charge >= 0.3 is 0 Å². The van der Waals surface area contributed by atoms with Crippen LogP contribution in [0.5, 0.6) is 0 Å². The monoisotopic (exact) mass is 170 g/mol. The van der Waals surface area contributed by atoms with Gasteiger partial charge in [-0.25, -0.2) is 0 Å². The van der Waals surface area contributed by atoms with Crippen LogP contribution in [0.3, 0.4) is 0 Å². The summed E-state index contributed by atoms with van der Waals surface area (Å²) in [6, 6.07) is 0. The molecule has 3 atom stereocenters. The summed E-state index contributed by atoms with van der Waals surface area (Å²) in [5.74, 6) is 0.614. The number of aliphatic hydroxyl groups is 2. The van der Waals surface area contributed by atoms with Crippen molar-refractivity contribution in [3.63, 3.8) is 0 Å². The van der Waals surface area contributed by atoms with Crippen molar-refractivity contribution in [2.75, 3.05) is 0 Å². The maximum atomic E-state index is 10.2. The van der Waals surface area contributed by atoms with Gasteiger partial charge in [-0.1, -0.05) is 13.8 Å². The predicted molar refractivity (Wildman–Crippen MR) is 46.7 cm³/mol. The zero-order chi connectivity index (χ0) is 9.20. The van der Waals surface area contributed by atoms with Crippen molar-refractivity contribution in [1.29, 1.82) is 0 Å². The Hall–Kier alpha value is -0.0800. The third-order valence-corrected chi connectivity index (χ3v) is 4.50. The van der Waals surface area contributed by atoms with Crippen LogP contribution in [0.1, 0.15) is 40.0 Å². The molecule has 0 aliphatic heterocycles. The SMILES string of the molecule is CC1(C)[C@@H]2CC[C@@](C)(O)[C@]1(O)C2. The van der Waals surface area contributed by atoms with Crippen molar-refractivity contribution in [1.82, 2.24) is 0 Å². The van der Waals surface area contributed by atoms with Gasteiger partial charge in [0, 0.05) is 0 Å². The van der Waals surface area contributed by atoms with E-state index in [2.05, 4.69) is 13.8 Å². The van der Waals surface area contributed by atoms with E-state index in [1.165, 1.54) is 0 Å². The summed E-state index contributed by atoms with van der Waals surface area (Å²) >= 11 is 0. The first-order valence-corrected chi connectivity index (χ1v) is 4.76. The molecule has 2 N–H and O–H groups in total. The molecule has 2 nitrogen and oxygen atoms in total. The molecule has 0 aromatic carbocycles. The van der Waals surface area contributed by atoms with E-state index in [1.807, 2.05) is 0 Å². The Morgan fingerprint density at radius 1 is 1.17 bits per heavy atom. The van der Waals surface area contributed by atoms with Crippen LogP contribution in [0, 0.1) is 11.3 Å². The van der Waals surface area contributed by atoms with Crippen molar-refractivity contribution < 1.29 is 10.2 Å². The fourth-order valence-electron chi connectivity index (χ4n) is 3.12. The molecule has 3 saturated carbocycles. The van der Waals surface area contributed by atoms with Gasteiger partial charge in [-0.3, -0.25) is 0 Å². The van der Waals surface area contributed by atoms with Gasteiger partial charge in [0.15, 0.2) is 0 Å². The van der Waals surface area contributed by atoms with Crippen LogP contribution in [0.2, 0.25) is 0 Å². The second-order valence-electron chi connectivity index (χ2n) is 5.30. The highest BCUT2D eigenvalue weighted by molar-refractivity contribution is 5.20. The zero-order valence-electron chi connectivity index (χ0n) is 8.09. The Morgan fingerprint density at radius 3 is 2.08 bits per heavy atom. The first-order chi connectivity index (χ1) is 5.31. The molecule has 2 heteroatoms. The fourth-order valence-corrected chi connectivity index (χ4v) is 3.12. The van der Waals surface area contributed by atoms with E-state index in [0.717, 1.165) is 19.3 Å². The Balaban J connectivity index is 2.37. The van der Waals surface area contributed by atoms with Gasteiger partial charge in [0.05, 0.1) is 11.2 Å². The van der Waals surface area contributed by atoms with Gasteiger partial charge in [-0.05, 0) is 37.5 Å². The molecule has 0 heterocycles. The van der Waals surface area contributed by atoms with Crippen LogP contribution in [0.25, 0.3) is 0 Å². The molecule has 0 amide bonds. The molecule has 0 saturated heterocycles. The number of hydrogen-bond acceptors (Lipinski definition) is 2. The van der Waals surface area contributed by atoms with Crippen molar-refractivity contribution in [2.45, 2.75) is 51.2 Å². The Bertz CT molecular complexity index is 210. The summed E-state index contributed by atoms with van der Waals surface area (Å²) in [5, 5.41) is 20.3. The van der Waals surface area contributed by atoms with Crippen molar-refractivity contribution in [3.8, 4) is 0 Å². The van der Waals surface area contributed by atoms with Crippen molar-refractivity contribution >= 4 is 0 Å². The maximum absolute atomic E-state index is 10.2. The summed E-state index contributed by atoms with van der Waals surface area (Å²) in [7, 11) is 0. The highest BCUT2D eigenvalue weighted by atomic mass is 16.4. The Morgan fingerprint density at radius 2 is 1.75 bits per heavy atom. The Kier molecular flexibility index (Phi) is 1.33. The summed E-state index contributed by atoms with van der Waals surface area (Å²) in [6.45, 7) is 5.90. The predicted octanol–water partition coefficient (Wildman–Crippen LogP) is 1.31. The number of hydrogen-bond donors (Lipinski definition) is 2. The standard InChI is InChI=1S/C10H18O2/c1-8(2)7-4-5-9(3,11)10(8,12)6-7/h7,11-12H,4-6H2,1-3H3/t7-,9-,10+/m1/s1. The van der Waals surface area contributed by atoms with Crippen LogP contribution >= 0.6 is 0 Å². The minimum Gasteiger partial charge on any atom is -0.387 e. The minimum atomic E-state index is -0.870. The quantitative estimate of drug-likeness (QED) is 0.575. The van der Waals surface area contributed by atoms with E-state index in [9.17, 15) is 10.2 Å². The van der Waals surface area contributed by atoms with Crippen molar-refractivity contribution in [2.24, 2.45) is 11.3 Å². The van der Waals surface area contributed by atoms with Crippen LogP contribution < -0.4 is 0 Å². The third kappa shape index (κ3) is 0.647. The normalized spacial score (nSPS) is 56.2. The zero-order valence-corrected chi connectivity index (χ0v) is 8.09. The van der Waals surface area contributed by atoms with E-state index in [0.29, 0.717) is 5.92 Å². The molecule has 3 aliphatic rings. The van der Waals surface area contributed by atoms with Gasteiger partial charge in [0.25, 0.3) is 0 Å². The van der Waals surface area contributed by atoms with E-state index in [-0.39, 0.29) is 5.41 Å². The summed E-state index contributed by atoms with van der Waals surface area (Å²) in [5.41, 5.74) is -1.79. The average Bonchev–Trinajstić information content (AvgIpc) is 1.94. The van der Waals surface area contributed by atoms with E-state index in [1.54, 1.807) is 6.92 Å². The summed E-state index contributed by atoms with van der Waals surface area (Å²) < 4.78 is 0. The highest BCUT2D eigenvalue weighted by Crippen LogP contribution is 2.65. The molecule has 12 heavy (non-hydrogen) atoms. The van der Waals surface area contributed by atoms with Crippen LogP contribution in [-0.4, -0.2) is 21.4 Å². The van der Waals surface area contributed by atoms with Gasteiger partial charge in [-0.15, -0.1) is 0 Å². The summed E-state index contributed by atoms with van der Waals surface area (Å²) in [4.78, 5) is 0. The maximum Gasteiger partial charge on any atom is 0.0986 e. The average molecular weight is 170 g/mol. The van der Waals surface area contributed by atoms with Crippen molar-refractivity contribution in [3.05, 3.63) is 0 Å². The molecule has 70 valence electrons. The molecule has 0 spiro atoms. The number of rotatable bonds is 0. The first kappa shape index (κ1) is 8.52. The topological polar surface area (TPSA) is 40.5 Å². The molecule has 3 rings (SSSR count). The molecule has 0 aromatic rings. The third-order valence-electron chi connectivity index (χ3n) is 4.50. The molecule has 0 unspecified atom stereocenters. The van der Waals surface area contributed by atoms with Gasteiger partial charge in [0.2, 0.25) is 0 Å². The largest absolute Gasteiger partial charge is 0.387 e. The summed E-state index contributed by atoms with van der Waals surface area (Å²) in [6.07, 6.45) is 2.59. The molecule has 3 aliphatic carbocycles. The van der Waals surface area contributed by atoms with Crippen LogP contribution in [0.4, 0.5) is 0 Å². The highest BCUT2D eigenvalue weighted by Gasteiger charge is 2.69. The Labute approximate surface area is 73.6 Å². The molecular formula is C10H18O2. The van der Waals surface area contributed by atoms with Crippen LogP contribution in [-0.2, 0) is 0 Å². The lowest BCUT2D eigenvalue weighted by molar-refractivity contribution is -0.312. The minimum absolute atomic E-state index is 0.0885. The molecule has 3 fully saturated rings. The lowest BCUT2D eigenvalue weighted by atomic mass is 9.41. The first-order valence-electron chi connectivity index (χ1n) is 4.76. The lowest BCUT2D eigenvalue weighted by Gasteiger charge is -2.68. The second kappa shape index (κ2) is 1.88. The molecule has 2 bridgehead atoms. The molecular weight excluding hydrogens is 152 g/mol. The lowest BCUT2D eigenvalue weighted by Crippen LogP contribution is -2.74. The van der Waals surface area contributed by atoms with Gasteiger partial charge in [0.1, 0.15) is 0 Å². The molecule has 0 aromatic heterocycles. The van der Waals surface area contributed by atoms with E-state index < -0.39 is 11.2 Å². The smallest absolute Gasteiger partial charge is 0.0986 e. The van der Waals surface area contributed by atoms with E-state index >= 15 is 0 Å². The van der Waals surface area contributed by atoms with Gasteiger partial charge in [-0.2, -0.15) is 0 Å².